The van der Waals surface area contributed by atoms with E-state index in [1.165, 1.54) is 6.33 Å². The third-order valence-electron chi connectivity index (χ3n) is 3.95. The summed E-state index contributed by atoms with van der Waals surface area (Å²) in [5, 5.41) is 12.2. The molecule has 110 valence electrons. The molecule has 0 saturated heterocycles. The van der Waals surface area contributed by atoms with Gasteiger partial charge in [0.25, 0.3) is 0 Å². The van der Waals surface area contributed by atoms with Gasteiger partial charge in [0.2, 0.25) is 0 Å². The van der Waals surface area contributed by atoms with Gasteiger partial charge in [0, 0.05) is 6.54 Å². The van der Waals surface area contributed by atoms with Crippen LogP contribution >= 0.6 is 0 Å². The lowest BCUT2D eigenvalue weighted by molar-refractivity contribution is -0.144. The minimum atomic E-state index is -0.756. The number of rotatable bonds is 5. The van der Waals surface area contributed by atoms with Crippen LogP contribution in [0.25, 0.3) is 0 Å². The summed E-state index contributed by atoms with van der Waals surface area (Å²) < 4.78 is 14.0. The van der Waals surface area contributed by atoms with Gasteiger partial charge < -0.3 is 10.4 Å². The molecule has 1 aromatic rings. The molecule has 0 aliphatic heterocycles. The van der Waals surface area contributed by atoms with E-state index in [0.29, 0.717) is 25.1 Å². The number of anilines is 1. The minimum Gasteiger partial charge on any atom is -0.481 e. The van der Waals surface area contributed by atoms with Crippen molar-refractivity contribution in [3.63, 3.8) is 0 Å². The number of carbonyl (C=O) groups is 1. The highest BCUT2D eigenvalue weighted by Crippen LogP contribution is 2.30. The SMILES string of the molecule is CCc1ncnc(NCC2CCCCC2C(=O)O)c1F. The molecule has 1 aliphatic carbocycles. The summed E-state index contributed by atoms with van der Waals surface area (Å²) >= 11 is 0. The van der Waals surface area contributed by atoms with Crippen molar-refractivity contribution in [2.75, 3.05) is 11.9 Å². The maximum atomic E-state index is 14.0. The smallest absolute Gasteiger partial charge is 0.306 e. The van der Waals surface area contributed by atoms with E-state index in [-0.39, 0.29) is 17.7 Å². The molecule has 1 aliphatic rings. The van der Waals surface area contributed by atoms with E-state index in [9.17, 15) is 14.3 Å². The first-order chi connectivity index (χ1) is 9.63. The summed E-state index contributed by atoms with van der Waals surface area (Å²) in [6.07, 6.45) is 5.38. The molecule has 2 rings (SSSR count). The maximum absolute atomic E-state index is 14.0. The number of aliphatic carboxylic acids is 1. The fourth-order valence-electron chi connectivity index (χ4n) is 2.78. The average Bonchev–Trinajstić information content (AvgIpc) is 2.46. The molecule has 6 heteroatoms. The van der Waals surface area contributed by atoms with Crippen LogP contribution < -0.4 is 5.32 Å². The fraction of sp³-hybridized carbons (Fsp3) is 0.643. The highest BCUT2D eigenvalue weighted by molar-refractivity contribution is 5.70. The van der Waals surface area contributed by atoms with Crippen molar-refractivity contribution in [2.45, 2.75) is 39.0 Å². The quantitative estimate of drug-likeness (QED) is 0.867. The number of aryl methyl sites for hydroxylation is 1. The van der Waals surface area contributed by atoms with Crippen LogP contribution in [0.1, 0.15) is 38.3 Å². The van der Waals surface area contributed by atoms with Crippen LogP contribution in [0.5, 0.6) is 0 Å². The Morgan fingerprint density at radius 2 is 2.20 bits per heavy atom. The Morgan fingerprint density at radius 3 is 2.90 bits per heavy atom. The third-order valence-corrected chi connectivity index (χ3v) is 3.95. The molecule has 0 spiro atoms. The number of nitrogens with one attached hydrogen (secondary N) is 1. The van der Waals surface area contributed by atoms with Crippen LogP contribution in [0.15, 0.2) is 6.33 Å². The summed E-state index contributed by atoms with van der Waals surface area (Å²) in [4.78, 5) is 19.0. The van der Waals surface area contributed by atoms with Crippen molar-refractivity contribution < 1.29 is 14.3 Å². The zero-order valence-electron chi connectivity index (χ0n) is 11.6. The van der Waals surface area contributed by atoms with E-state index >= 15 is 0 Å². The van der Waals surface area contributed by atoms with Crippen LogP contribution in [-0.2, 0) is 11.2 Å². The number of hydrogen-bond acceptors (Lipinski definition) is 4. The highest BCUT2D eigenvalue weighted by Gasteiger charge is 2.30. The predicted molar refractivity (Wildman–Crippen MR) is 72.9 cm³/mol. The molecular formula is C14H20FN3O2. The molecule has 20 heavy (non-hydrogen) atoms. The zero-order chi connectivity index (χ0) is 14.5. The second kappa shape index (κ2) is 6.63. The Balaban J connectivity index is 2.02. The Hall–Kier alpha value is -1.72. The molecule has 0 bridgehead atoms. The van der Waals surface area contributed by atoms with Gasteiger partial charge in [-0.05, 0) is 25.2 Å². The molecule has 1 saturated carbocycles. The van der Waals surface area contributed by atoms with Crippen molar-refractivity contribution >= 4 is 11.8 Å². The standard InChI is InChI=1S/C14H20FN3O2/c1-2-11-12(15)13(18-8-17-11)16-7-9-5-3-4-6-10(9)14(19)20/h8-10H,2-7H2,1H3,(H,19,20)(H,16,17,18). The summed E-state index contributed by atoms with van der Waals surface area (Å²) in [7, 11) is 0. The van der Waals surface area contributed by atoms with Crippen LogP contribution in [0.2, 0.25) is 0 Å². The van der Waals surface area contributed by atoms with Gasteiger partial charge in [-0.25, -0.2) is 14.4 Å². The van der Waals surface area contributed by atoms with E-state index in [1.807, 2.05) is 6.92 Å². The first kappa shape index (κ1) is 14.7. The van der Waals surface area contributed by atoms with Gasteiger partial charge in [0.05, 0.1) is 11.6 Å². The Labute approximate surface area is 117 Å². The van der Waals surface area contributed by atoms with Crippen molar-refractivity contribution in [2.24, 2.45) is 11.8 Å². The summed E-state index contributed by atoms with van der Waals surface area (Å²) in [5.41, 5.74) is 0.376. The molecule has 0 aromatic carbocycles. The van der Waals surface area contributed by atoms with Crippen molar-refractivity contribution in [1.82, 2.24) is 9.97 Å². The highest BCUT2D eigenvalue weighted by atomic mass is 19.1. The average molecular weight is 281 g/mol. The molecule has 1 aromatic heterocycles. The molecule has 2 atom stereocenters. The number of carboxylic acid groups (broad SMARTS) is 1. The monoisotopic (exact) mass is 281 g/mol. The predicted octanol–water partition coefficient (Wildman–Crippen LogP) is 2.48. The third kappa shape index (κ3) is 3.23. The largest absolute Gasteiger partial charge is 0.481 e. The summed E-state index contributed by atoms with van der Waals surface area (Å²) in [6, 6.07) is 0. The van der Waals surface area contributed by atoms with Crippen LogP contribution in [-0.4, -0.2) is 27.6 Å². The minimum absolute atomic E-state index is 0.0284. The van der Waals surface area contributed by atoms with E-state index in [0.717, 1.165) is 19.3 Å². The van der Waals surface area contributed by atoms with E-state index < -0.39 is 11.8 Å². The molecule has 1 heterocycles. The number of aromatic nitrogens is 2. The molecule has 5 nitrogen and oxygen atoms in total. The molecule has 2 unspecified atom stereocenters. The van der Waals surface area contributed by atoms with Crippen LogP contribution in [0.4, 0.5) is 10.2 Å². The zero-order valence-corrected chi connectivity index (χ0v) is 11.6. The van der Waals surface area contributed by atoms with Crippen LogP contribution in [0, 0.1) is 17.7 Å². The lowest BCUT2D eigenvalue weighted by Crippen LogP contribution is -2.32. The van der Waals surface area contributed by atoms with Gasteiger partial charge in [-0.1, -0.05) is 19.8 Å². The first-order valence-corrected chi connectivity index (χ1v) is 7.09. The molecule has 1 fully saturated rings. The topological polar surface area (TPSA) is 75.1 Å². The lowest BCUT2D eigenvalue weighted by Gasteiger charge is -2.28. The van der Waals surface area contributed by atoms with E-state index in [2.05, 4.69) is 15.3 Å². The molecular weight excluding hydrogens is 261 g/mol. The molecule has 0 radical (unpaired) electrons. The first-order valence-electron chi connectivity index (χ1n) is 7.09. The number of carboxylic acids is 1. The fourth-order valence-corrected chi connectivity index (χ4v) is 2.78. The lowest BCUT2D eigenvalue weighted by atomic mass is 9.79. The van der Waals surface area contributed by atoms with Gasteiger partial charge in [-0.3, -0.25) is 4.79 Å². The maximum Gasteiger partial charge on any atom is 0.306 e. The van der Waals surface area contributed by atoms with Gasteiger partial charge >= 0.3 is 5.97 Å². The van der Waals surface area contributed by atoms with Gasteiger partial charge in [-0.15, -0.1) is 0 Å². The Kier molecular flexibility index (Phi) is 4.87. The van der Waals surface area contributed by atoms with Gasteiger partial charge in [0.15, 0.2) is 11.6 Å². The van der Waals surface area contributed by atoms with Gasteiger partial charge in [0.1, 0.15) is 6.33 Å². The number of halogens is 1. The van der Waals surface area contributed by atoms with Gasteiger partial charge in [-0.2, -0.15) is 0 Å². The second-order valence-corrected chi connectivity index (χ2v) is 5.21. The summed E-state index contributed by atoms with van der Waals surface area (Å²) in [5.74, 6) is -1.33. The van der Waals surface area contributed by atoms with Crippen molar-refractivity contribution in [3.8, 4) is 0 Å². The van der Waals surface area contributed by atoms with E-state index in [4.69, 9.17) is 0 Å². The molecule has 2 N–H and O–H groups in total. The number of nitrogens with zero attached hydrogens (tertiary/aromatic N) is 2. The summed E-state index contributed by atoms with van der Waals surface area (Å²) in [6.45, 7) is 2.27. The van der Waals surface area contributed by atoms with E-state index in [1.54, 1.807) is 0 Å². The Bertz CT molecular complexity index is 481. The van der Waals surface area contributed by atoms with Crippen LogP contribution in [0.3, 0.4) is 0 Å². The van der Waals surface area contributed by atoms with Crippen molar-refractivity contribution in [1.29, 1.82) is 0 Å². The Morgan fingerprint density at radius 1 is 1.45 bits per heavy atom. The van der Waals surface area contributed by atoms with Crippen molar-refractivity contribution in [3.05, 3.63) is 17.8 Å². The number of hydrogen-bond donors (Lipinski definition) is 2. The second-order valence-electron chi connectivity index (χ2n) is 5.21. The molecule has 0 amide bonds. The normalized spacial score (nSPS) is 22.5.